The van der Waals surface area contributed by atoms with Crippen molar-refractivity contribution < 1.29 is 4.79 Å². The lowest BCUT2D eigenvalue weighted by Gasteiger charge is -2.23. The summed E-state index contributed by atoms with van der Waals surface area (Å²) < 4.78 is 0. The van der Waals surface area contributed by atoms with Crippen molar-refractivity contribution in [3.8, 4) is 12.3 Å². The van der Waals surface area contributed by atoms with Crippen LogP contribution in [0.25, 0.3) is 5.57 Å². The first-order valence-corrected chi connectivity index (χ1v) is 7.52. The predicted octanol–water partition coefficient (Wildman–Crippen LogP) is 4.73. The van der Waals surface area contributed by atoms with Crippen LogP contribution in [-0.2, 0) is 0 Å². The van der Waals surface area contributed by atoms with Gasteiger partial charge in [0.15, 0.2) is 6.29 Å². The zero-order chi connectivity index (χ0) is 15.7. The fourth-order valence-electron chi connectivity index (χ4n) is 3.24. The van der Waals surface area contributed by atoms with E-state index in [0.29, 0.717) is 17.0 Å². The van der Waals surface area contributed by atoms with E-state index in [9.17, 15) is 4.79 Å². The Hall–Kier alpha value is -2.59. The maximum Gasteiger partial charge on any atom is 0.151 e. The molecule has 2 aromatic rings. The molecule has 0 fully saturated rings. The van der Waals surface area contributed by atoms with Crippen LogP contribution in [-0.4, -0.2) is 6.29 Å². The molecule has 1 unspecified atom stereocenters. The second-order valence-corrected chi connectivity index (χ2v) is 5.86. The zero-order valence-electron chi connectivity index (χ0n) is 12.9. The molecule has 1 heteroatoms. The molecule has 1 aliphatic carbocycles. The van der Waals surface area contributed by atoms with Crippen molar-refractivity contribution in [2.75, 3.05) is 0 Å². The van der Waals surface area contributed by atoms with Crippen LogP contribution in [0, 0.1) is 19.3 Å². The van der Waals surface area contributed by atoms with Gasteiger partial charge < -0.3 is 0 Å². The van der Waals surface area contributed by atoms with Gasteiger partial charge in [-0.05, 0) is 53.2 Å². The number of hydrogen-bond donors (Lipinski definition) is 0. The number of hydrogen-bond acceptors (Lipinski definition) is 1. The molecule has 2 aromatic carbocycles. The van der Waals surface area contributed by atoms with E-state index in [-0.39, 0.29) is 0 Å². The first kappa shape index (κ1) is 14.4. The molecule has 0 saturated heterocycles. The molecular weight excluding hydrogens is 268 g/mol. The Labute approximate surface area is 131 Å². The first-order chi connectivity index (χ1) is 10.7. The summed E-state index contributed by atoms with van der Waals surface area (Å²) in [5.74, 6) is 3.15. The molecule has 0 aromatic heterocycles. The Bertz CT molecular complexity index is 818. The molecule has 0 amide bonds. The van der Waals surface area contributed by atoms with Crippen LogP contribution < -0.4 is 0 Å². The van der Waals surface area contributed by atoms with Crippen molar-refractivity contribution >= 4 is 11.9 Å². The molecule has 0 bridgehead atoms. The molecule has 0 N–H and O–H groups in total. The Morgan fingerprint density at radius 3 is 2.77 bits per heavy atom. The molecule has 1 aliphatic rings. The second kappa shape index (κ2) is 5.66. The number of rotatable bonds is 2. The van der Waals surface area contributed by atoms with Crippen molar-refractivity contribution in [2.24, 2.45) is 0 Å². The van der Waals surface area contributed by atoms with E-state index in [4.69, 9.17) is 6.42 Å². The van der Waals surface area contributed by atoms with E-state index in [2.05, 4.69) is 49.3 Å². The summed E-state index contributed by atoms with van der Waals surface area (Å²) >= 11 is 0. The summed E-state index contributed by atoms with van der Waals surface area (Å²) in [6, 6.07) is 12.5. The zero-order valence-corrected chi connectivity index (χ0v) is 12.9. The minimum atomic E-state index is 0.525. The molecule has 1 atom stereocenters. The third-order valence-corrected chi connectivity index (χ3v) is 4.41. The van der Waals surface area contributed by atoms with Gasteiger partial charge in [-0.25, -0.2) is 0 Å². The molecule has 0 radical (unpaired) electrons. The first-order valence-electron chi connectivity index (χ1n) is 7.52. The van der Waals surface area contributed by atoms with E-state index in [1.165, 1.54) is 16.7 Å². The number of allylic oxidation sites excluding steroid dienone is 1. The minimum absolute atomic E-state index is 0.525. The van der Waals surface area contributed by atoms with Gasteiger partial charge in [0.1, 0.15) is 0 Å². The quantitative estimate of drug-likeness (QED) is 0.576. The van der Waals surface area contributed by atoms with Gasteiger partial charge in [-0.3, -0.25) is 4.79 Å². The van der Waals surface area contributed by atoms with Gasteiger partial charge in [-0.15, -0.1) is 6.42 Å². The smallest absolute Gasteiger partial charge is 0.151 e. The van der Waals surface area contributed by atoms with Crippen molar-refractivity contribution in [1.29, 1.82) is 0 Å². The lowest BCUT2D eigenvalue weighted by atomic mass is 9.81. The summed E-state index contributed by atoms with van der Waals surface area (Å²) in [4.78, 5) is 11.4. The Morgan fingerprint density at radius 1 is 1.27 bits per heavy atom. The number of carbonyl (C=O) groups is 1. The van der Waals surface area contributed by atoms with Crippen LogP contribution in [0.3, 0.4) is 0 Å². The number of aldehydes is 1. The van der Waals surface area contributed by atoms with Gasteiger partial charge in [0, 0.05) is 11.1 Å². The summed E-state index contributed by atoms with van der Waals surface area (Å²) in [6.07, 6.45) is 9.66. The van der Waals surface area contributed by atoms with Crippen LogP contribution in [0.4, 0.5) is 0 Å². The second-order valence-electron chi connectivity index (χ2n) is 5.86. The fraction of sp³-hybridized carbons (Fsp3) is 0.190. The van der Waals surface area contributed by atoms with E-state index in [1.54, 1.807) is 0 Å². The topological polar surface area (TPSA) is 17.1 Å². The average molecular weight is 286 g/mol. The number of fused-ring (bicyclic) bond motifs is 1. The van der Waals surface area contributed by atoms with Gasteiger partial charge in [0.25, 0.3) is 0 Å². The molecule has 0 saturated carbocycles. The largest absolute Gasteiger partial charge is 0.298 e. The van der Waals surface area contributed by atoms with Crippen LogP contribution in [0.15, 0.2) is 42.5 Å². The van der Waals surface area contributed by atoms with E-state index < -0.39 is 0 Å². The highest BCUT2D eigenvalue weighted by Crippen LogP contribution is 2.38. The van der Waals surface area contributed by atoms with Crippen LogP contribution in [0.2, 0.25) is 0 Å². The molecule has 0 spiro atoms. The third-order valence-electron chi connectivity index (χ3n) is 4.41. The van der Waals surface area contributed by atoms with Crippen LogP contribution in [0.5, 0.6) is 0 Å². The van der Waals surface area contributed by atoms with E-state index in [0.717, 1.165) is 23.8 Å². The average Bonchev–Trinajstić information content (AvgIpc) is 2.54. The monoisotopic (exact) mass is 286 g/mol. The maximum absolute atomic E-state index is 11.4. The Morgan fingerprint density at radius 2 is 2.05 bits per heavy atom. The lowest BCUT2D eigenvalue weighted by Crippen LogP contribution is -2.06. The van der Waals surface area contributed by atoms with Gasteiger partial charge in [-0.1, -0.05) is 49.3 Å². The van der Waals surface area contributed by atoms with Gasteiger partial charge in [-0.2, -0.15) is 0 Å². The molecule has 0 aliphatic heterocycles. The fourth-order valence-corrected chi connectivity index (χ4v) is 3.24. The van der Waals surface area contributed by atoms with Crippen molar-refractivity contribution in [1.82, 2.24) is 0 Å². The van der Waals surface area contributed by atoms with Crippen molar-refractivity contribution in [3.05, 3.63) is 75.9 Å². The summed E-state index contributed by atoms with van der Waals surface area (Å²) in [5.41, 5.74) is 7.14. The third kappa shape index (κ3) is 2.27. The number of terminal acetylenes is 1. The standard InChI is InChI=1S/C21H18O/c1-4-18-15(3)11-16(12-17(18)13-22)20-10-9-14(2)19-7-5-6-8-21(19)20/h1,5-8,10-14H,9H2,2-3H3. The van der Waals surface area contributed by atoms with Crippen LogP contribution >= 0.6 is 0 Å². The highest BCUT2D eigenvalue weighted by Gasteiger charge is 2.19. The van der Waals surface area contributed by atoms with Gasteiger partial charge in [0.2, 0.25) is 0 Å². The number of carbonyl (C=O) groups excluding carboxylic acids is 1. The van der Waals surface area contributed by atoms with E-state index >= 15 is 0 Å². The Kier molecular flexibility index (Phi) is 3.69. The maximum atomic E-state index is 11.4. The van der Waals surface area contributed by atoms with Crippen molar-refractivity contribution in [2.45, 2.75) is 26.2 Å². The lowest BCUT2D eigenvalue weighted by molar-refractivity contribution is 0.112. The minimum Gasteiger partial charge on any atom is -0.298 e. The molecule has 0 heterocycles. The summed E-state index contributed by atoms with van der Waals surface area (Å²) in [7, 11) is 0. The van der Waals surface area contributed by atoms with Gasteiger partial charge in [0.05, 0.1) is 0 Å². The van der Waals surface area contributed by atoms with Crippen LogP contribution in [0.1, 0.15) is 57.4 Å². The van der Waals surface area contributed by atoms with Gasteiger partial charge >= 0.3 is 0 Å². The molecule has 1 nitrogen and oxygen atoms in total. The van der Waals surface area contributed by atoms with E-state index in [1.807, 2.05) is 13.0 Å². The normalized spacial score (nSPS) is 16.4. The van der Waals surface area contributed by atoms with Crippen molar-refractivity contribution in [3.63, 3.8) is 0 Å². The molecular formula is C21H18O. The molecule has 22 heavy (non-hydrogen) atoms. The Balaban J connectivity index is 2.19. The number of aryl methyl sites for hydroxylation is 1. The molecule has 3 rings (SSSR count). The predicted molar refractivity (Wildman–Crippen MR) is 91.1 cm³/mol. The SMILES string of the molecule is C#Cc1c(C)cc(C2=CCC(C)c3ccccc32)cc1C=O. The summed E-state index contributed by atoms with van der Waals surface area (Å²) in [5, 5.41) is 0. The molecule has 108 valence electrons. The highest BCUT2D eigenvalue weighted by molar-refractivity contribution is 5.88. The highest BCUT2D eigenvalue weighted by atomic mass is 16.1. The summed E-state index contributed by atoms with van der Waals surface area (Å²) in [6.45, 7) is 4.21. The number of benzene rings is 2.